The monoisotopic (exact) mass is 521 g/mol. The second-order valence-corrected chi connectivity index (χ2v) is 8.85. The number of aliphatic hydroxyl groups excluding tert-OH is 1. The number of aromatic nitrogens is 4. The van der Waals surface area contributed by atoms with Crippen molar-refractivity contribution in [2.24, 2.45) is 0 Å². The van der Waals surface area contributed by atoms with Gasteiger partial charge in [0.2, 0.25) is 0 Å². The summed E-state index contributed by atoms with van der Waals surface area (Å²) in [6.45, 7) is 0.933. The Hall–Kier alpha value is -3.63. The maximum absolute atomic E-state index is 14.6. The quantitative estimate of drug-likeness (QED) is 0.324. The van der Waals surface area contributed by atoms with Crippen LogP contribution in [0.3, 0.4) is 0 Å². The van der Waals surface area contributed by atoms with Gasteiger partial charge in [-0.3, -0.25) is 9.48 Å². The Morgan fingerprint density at radius 2 is 2.14 bits per heavy atom. The van der Waals surface area contributed by atoms with E-state index in [0.29, 0.717) is 18.8 Å². The third-order valence-electron chi connectivity index (χ3n) is 5.98. The van der Waals surface area contributed by atoms with Gasteiger partial charge in [0.15, 0.2) is 0 Å². The smallest absolute Gasteiger partial charge is 0.393 e. The van der Waals surface area contributed by atoms with Gasteiger partial charge in [0.25, 0.3) is 5.91 Å². The molecule has 1 aliphatic rings. The van der Waals surface area contributed by atoms with Gasteiger partial charge in [-0.15, -0.1) is 0 Å². The van der Waals surface area contributed by atoms with Crippen LogP contribution in [0.25, 0.3) is 5.52 Å². The third-order valence-corrected chi connectivity index (χ3v) is 5.98. The SMILES string of the molecule is CN1CC[C@@H](Nc2cccc3c(CC(F)(F)F)c(C#CCNC(=O)c4cnn(CCO)c4)nn23)[C@@H](F)C1. The van der Waals surface area contributed by atoms with Crippen molar-refractivity contribution >= 4 is 17.2 Å². The van der Waals surface area contributed by atoms with E-state index in [-0.39, 0.29) is 48.6 Å². The number of likely N-dealkylation sites (tertiary alicyclic amines) is 1. The molecule has 3 aromatic rings. The fourth-order valence-corrected chi connectivity index (χ4v) is 4.17. The number of hydrogen-bond acceptors (Lipinski definition) is 6. The van der Waals surface area contributed by atoms with Crippen molar-refractivity contribution in [3.8, 4) is 11.8 Å². The molecule has 1 fully saturated rings. The van der Waals surface area contributed by atoms with Crippen molar-refractivity contribution in [1.29, 1.82) is 0 Å². The zero-order chi connectivity index (χ0) is 26.6. The predicted octanol–water partition coefficient (Wildman–Crippen LogP) is 1.86. The molecule has 0 radical (unpaired) electrons. The highest BCUT2D eigenvalue weighted by atomic mass is 19.4. The van der Waals surface area contributed by atoms with Gasteiger partial charge >= 0.3 is 6.18 Å². The average molecular weight is 522 g/mol. The highest BCUT2D eigenvalue weighted by molar-refractivity contribution is 5.93. The summed E-state index contributed by atoms with van der Waals surface area (Å²) >= 11 is 0. The van der Waals surface area contributed by atoms with Gasteiger partial charge in [0, 0.05) is 24.8 Å². The fourth-order valence-electron chi connectivity index (χ4n) is 4.17. The number of nitrogens with zero attached hydrogens (tertiary/aromatic N) is 5. The van der Waals surface area contributed by atoms with Crippen LogP contribution in [-0.4, -0.2) is 87.0 Å². The number of alkyl halides is 4. The summed E-state index contributed by atoms with van der Waals surface area (Å²) in [5.74, 6) is 5.21. The normalized spacial score (nSPS) is 18.4. The number of nitrogens with one attached hydrogen (secondary N) is 2. The van der Waals surface area contributed by atoms with E-state index in [1.807, 2.05) is 11.9 Å². The van der Waals surface area contributed by atoms with Crippen molar-refractivity contribution in [3.05, 3.63) is 47.4 Å². The summed E-state index contributed by atoms with van der Waals surface area (Å²) in [6, 6.07) is 4.24. The summed E-state index contributed by atoms with van der Waals surface area (Å²) < 4.78 is 57.5. The summed E-state index contributed by atoms with van der Waals surface area (Å²) in [5.41, 5.74) is 0.309. The van der Waals surface area contributed by atoms with Gasteiger partial charge in [-0.05, 0) is 31.5 Å². The van der Waals surface area contributed by atoms with E-state index in [1.54, 1.807) is 12.1 Å². The molecular formula is C24H27F4N7O2. The van der Waals surface area contributed by atoms with Gasteiger partial charge in [-0.1, -0.05) is 12.0 Å². The Morgan fingerprint density at radius 3 is 2.86 bits per heavy atom. The van der Waals surface area contributed by atoms with Crippen molar-refractivity contribution in [2.75, 3.05) is 38.6 Å². The van der Waals surface area contributed by atoms with Crippen LogP contribution in [0.5, 0.6) is 0 Å². The van der Waals surface area contributed by atoms with E-state index in [9.17, 15) is 22.4 Å². The number of aliphatic hydroxyl groups is 1. The second kappa shape index (κ2) is 11.2. The van der Waals surface area contributed by atoms with Crippen molar-refractivity contribution in [1.82, 2.24) is 29.6 Å². The van der Waals surface area contributed by atoms with Crippen LogP contribution < -0.4 is 10.6 Å². The van der Waals surface area contributed by atoms with Gasteiger partial charge in [-0.25, -0.2) is 8.91 Å². The topological polar surface area (TPSA) is 99.7 Å². The van der Waals surface area contributed by atoms with Crippen LogP contribution in [0.15, 0.2) is 30.6 Å². The summed E-state index contributed by atoms with van der Waals surface area (Å²) in [6.07, 6.45) is -3.54. The molecule has 13 heteroatoms. The minimum absolute atomic E-state index is 0.0724. The van der Waals surface area contributed by atoms with E-state index in [0.717, 1.165) is 0 Å². The molecule has 0 bridgehead atoms. The van der Waals surface area contributed by atoms with Gasteiger partial charge < -0.3 is 20.6 Å². The van der Waals surface area contributed by atoms with Crippen LogP contribution in [0.2, 0.25) is 0 Å². The molecule has 4 heterocycles. The van der Waals surface area contributed by atoms with E-state index in [2.05, 4.69) is 32.7 Å². The molecule has 3 aromatic heterocycles. The molecule has 1 amide bonds. The summed E-state index contributed by atoms with van der Waals surface area (Å²) in [7, 11) is 1.83. The lowest BCUT2D eigenvalue weighted by Crippen LogP contribution is -2.46. The number of pyridine rings is 1. The zero-order valence-corrected chi connectivity index (χ0v) is 20.1. The molecule has 0 aliphatic carbocycles. The van der Waals surface area contributed by atoms with Crippen LogP contribution in [-0.2, 0) is 13.0 Å². The number of halogens is 4. The minimum Gasteiger partial charge on any atom is -0.394 e. The first-order chi connectivity index (χ1) is 17.6. The lowest BCUT2D eigenvalue weighted by Gasteiger charge is -2.33. The number of anilines is 1. The number of amides is 1. The number of piperidine rings is 1. The Morgan fingerprint density at radius 1 is 1.32 bits per heavy atom. The van der Waals surface area contributed by atoms with E-state index < -0.39 is 30.7 Å². The highest BCUT2D eigenvalue weighted by Crippen LogP contribution is 2.28. The molecule has 4 rings (SSSR count). The molecule has 0 unspecified atom stereocenters. The maximum Gasteiger partial charge on any atom is 0.393 e. The first kappa shape index (κ1) is 26.4. The molecule has 3 N–H and O–H groups in total. The van der Waals surface area contributed by atoms with Crippen LogP contribution >= 0.6 is 0 Å². The third kappa shape index (κ3) is 6.58. The van der Waals surface area contributed by atoms with Crippen LogP contribution in [0.1, 0.15) is 28.0 Å². The van der Waals surface area contributed by atoms with Crippen molar-refractivity contribution in [3.63, 3.8) is 0 Å². The highest BCUT2D eigenvalue weighted by Gasteiger charge is 2.32. The lowest BCUT2D eigenvalue weighted by molar-refractivity contribution is -0.127. The molecule has 0 saturated carbocycles. The first-order valence-corrected chi connectivity index (χ1v) is 11.7. The molecule has 0 spiro atoms. The molecule has 0 aromatic carbocycles. The lowest BCUT2D eigenvalue weighted by atomic mass is 10.0. The predicted molar refractivity (Wildman–Crippen MR) is 128 cm³/mol. The molecular weight excluding hydrogens is 494 g/mol. The van der Waals surface area contributed by atoms with Crippen molar-refractivity contribution in [2.45, 2.75) is 37.8 Å². The molecule has 9 nitrogen and oxygen atoms in total. The number of carbonyl (C=O) groups is 1. The zero-order valence-electron chi connectivity index (χ0n) is 20.1. The fraction of sp³-hybridized carbons (Fsp3) is 0.458. The van der Waals surface area contributed by atoms with E-state index >= 15 is 0 Å². The Bertz CT molecular complexity index is 1310. The number of fused-ring (bicyclic) bond motifs is 1. The number of rotatable bonds is 7. The van der Waals surface area contributed by atoms with E-state index in [4.69, 9.17) is 5.11 Å². The number of carbonyl (C=O) groups excluding carboxylic acids is 1. The van der Waals surface area contributed by atoms with Crippen LogP contribution in [0.4, 0.5) is 23.4 Å². The minimum atomic E-state index is -4.50. The maximum atomic E-state index is 14.6. The van der Waals surface area contributed by atoms with E-state index in [1.165, 1.54) is 27.7 Å². The second-order valence-electron chi connectivity index (χ2n) is 8.85. The Labute approximate surface area is 210 Å². The molecule has 198 valence electrons. The Kier molecular flexibility index (Phi) is 7.99. The molecule has 2 atom stereocenters. The summed E-state index contributed by atoms with van der Waals surface area (Å²) in [4.78, 5) is 14.1. The largest absolute Gasteiger partial charge is 0.394 e. The molecule has 1 aliphatic heterocycles. The molecule has 1 saturated heterocycles. The molecule has 37 heavy (non-hydrogen) atoms. The van der Waals surface area contributed by atoms with Gasteiger partial charge in [-0.2, -0.15) is 23.4 Å². The standard InChI is InChI=1S/C24H27F4N7O2/c1-33-9-7-20(18(25)15-33)31-22-6-2-5-21-17(12-24(26,27)28)19(32-35(21)22)4-3-8-29-23(37)16-13-30-34(14-16)10-11-36/h2,5-6,13-14,18,20,31,36H,7-12,15H2,1H3,(H,29,37)/t18-,20+/m0/s1. The van der Waals surface area contributed by atoms with Gasteiger partial charge in [0.1, 0.15) is 17.7 Å². The first-order valence-electron chi connectivity index (χ1n) is 11.7. The summed E-state index contributed by atoms with van der Waals surface area (Å²) in [5, 5.41) is 22.8. The van der Waals surface area contributed by atoms with Gasteiger partial charge in [0.05, 0.1) is 49.4 Å². The van der Waals surface area contributed by atoms with Crippen LogP contribution in [0, 0.1) is 11.8 Å². The Balaban J connectivity index is 1.55. The average Bonchev–Trinajstić information content (AvgIpc) is 3.43. The number of hydrogen-bond donors (Lipinski definition) is 3. The van der Waals surface area contributed by atoms with Crippen molar-refractivity contribution < 1.29 is 27.5 Å².